The lowest BCUT2D eigenvalue weighted by Gasteiger charge is -2.31. The number of carbonyl (C=O) groups excluding carboxylic acids is 2. The van der Waals surface area contributed by atoms with Gasteiger partial charge in [0.15, 0.2) is 0 Å². The van der Waals surface area contributed by atoms with Gasteiger partial charge in [-0.25, -0.2) is 14.4 Å². The van der Waals surface area contributed by atoms with E-state index in [0.717, 1.165) is 25.7 Å². The minimum Gasteiger partial charge on any atom is -0.391 e. The van der Waals surface area contributed by atoms with Crippen LogP contribution in [0.1, 0.15) is 66.6 Å². The number of carbonyl (C=O) groups is 2. The van der Waals surface area contributed by atoms with Crippen molar-refractivity contribution in [3.63, 3.8) is 0 Å². The number of hydrogen-bond donors (Lipinski definition) is 2. The zero-order valence-corrected chi connectivity index (χ0v) is 21.6. The van der Waals surface area contributed by atoms with E-state index in [1.165, 1.54) is 12.1 Å². The van der Waals surface area contributed by atoms with Crippen molar-refractivity contribution in [2.75, 3.05) is 0 Å². The molecule has 8 nitrogen and oxygen atoms in total. The van der Waals surface area contributed by atoms with Gasteiger partial charge in [-0.1, -0.05) is 22.8 Å². The third-order valence-electron chi connectivity index (χ3n) is 6.50. The maximum Gasteiger partial charge on any atom is 0.270 e. The van der Waals surface area contributed by atoms with E-state index in [2.05, 4.69) is 25.8 Å². The van der Waals surface area contributed by atoms with Gasteiger partial charge in [-0.05, 0) is 69.2 Å². The number of hydrogen-bond acceptors (Lipinski definition) is 6. The normalized spacial score (nSPS) is 22.4. The van der Waals surface area contributed by atoms with E-state index in [4.69, 9.17) is 28.0 Å². The molecule has 11 heteroatoms. The number of aryl methyl sites for hydroxylation is 1. The Hall–Kier alpha value is -2.78. The predicted octanol–water partition coefficient (Wildman–Crippen LogP) is 4.30. The maximum atomic E-state index is 13.4. The molecule has 2 N–H and O–H groups in total. The van der Waals surface area contributed by atoms with Gasteiger partial charge in [-0.2, -0.15) is 0 Å². The number of amides is 2. The molecule has 0 radical (unpaired) electrons. The van der Waals surface area contributed by atoms with Gasteiger partial charge in [0.25, 0.3) is 5.91 Å². The van der Waals surface area contributed by atoms with Gasteiger partial charge < -0.3 is 15.5 Å². The van der Waals surface area contributed by atoms with E-state index in [-0.39, 0.29) is 41.2 Å². The fourth-order valence-electron chi connectivity index (χ4n) is 4.51. The zero-order chi connectivity index (χ0) is 25.8. The highest BCUT2D eigenvalue weighted by Gasteiger charge is 2.34. The van der Waals surface area contributed by atoms with Gasteiger partial charge >= 0.3 is 0 Å². The number of benzene rings is 1. The fraction of sp³-hybridized carbons (Fsp3) is 0.480. The van der Waals surface area contributed by atoms with E-state index in [0.29, 0.717) is 35.1 Å². The molecule has 1 aliphatic carbocycles. The Balaban J connectivity index is 1.33. The van der Waals surface area contributed by atoms with Crippen molar-refractivity contribution in [3.05, 3.63) is 57.9 Å². The maximum absolute atomic E-state index is 13.4. The van der Waals surface area contributed by atoms with Gasteiger partial charge in [-0.15, -0.1) is 11.6 Å². The molecule has 192 valence electrons. The molecule has 4 rings (SSSR count). The number of oxime groups is 1. The minimum absolute atomic E-state index is 0.00110. The third-order valence-corrected chi connectivity index (χ3v) is 6.99. The summed E-state index contributed by atoms with van der Waals surface area (Å²) in [5.74, 6) is -0.269. The molecule has 2 aliphatic rings. The SMILES string of the molecule is Cc1nc(C(=O)NCc2ccc(F)c(Cl)c2)cc(C2=NOC(C3CCC(NC(=O)[C@H](C)Cl)CC3)C2)n1. The minimum atomic E-state index is -0.540. The molecule has 0 bridgehead atoms. The van der Waals surface area contributed by atoms with Gasteiger partial charge in [0, 0.05) is 19.0 Å². The third kappa shape index (κ3) is 6.50. The number of rotatable bonds is 7. The van der Waals surface area contributed by atoms with Crippen LogP contribution in [0.3, 0.4) is 0 Å². The van der Waals surface area contributed by atoms with Crippen LogP contribution in [0, 0.1) is 18.7 Å². The topological polar surface area (TPSA) is 106 Å². The van der Waals surface area contributed by atoms with E-state index < -0.39 is 11.2 Å². The summed E-state index contributed by atoms with van der Waals surface area (Å²) >= 11 is 11.7. The average molecular weight is 536 g/mol. The van der Waals surface area contributed by atoms with Crippen molar-refractivity contribution >= 4 is 40.7 Å². The van der Waals surface area contributed by atoms with Crippen molar-refractivity contribution < 1.29 is 18.8 Å². The monoisotopic (exact) mass is 535 g/mol. The second-order valence-corrected chi connectivity index (χ2v) is 10.3. The van der Waals surface area contributed by atoms with E-state index in [9.17, 15) is 14.0 Å². The zero-order valence-electron chi connectivity index (χ0n) is 20.1. The van der Waals surface area contributed by atoms with Crippen LogP contribution in [-0.2, 0) is 16.2 Å². The van der Waals surface area contributed by atoms with Crippen molar-refractivity contribution in [1.29, 1.82) is 0 Å². The Bertz CT molecular complexity index is 1170. The molecule has 0 saturated heterocycles. The van der Waals surface area contributed by atoms with Crippen molar-refractivity contribution in [3.8, 4) is 0 Å². The number of alkyl halides is 1. The Morgan fingerprint density at radius 3 is 2.64 bits per heavy atom. The number of aromatic nitrogens is 2. The Morgan fingerprint density at radius 2 is 1.94 bits per heavy atom. The number of nitrogens with zero attached hydrogens (tertiary/aromatic N) is 3. The molecule has 2 amide bonds. The van der Waals surface area contributed by atoms with Crippen LogP contribution in [0.5, 0.6) is 0 Å². The highest BCUT2D eigenvalue weighted by Crippen LogP contribution is 2.33. The molecule has 2 aromatic rings. The Labute approximate surface area is 219 Å². The van der Waals surface area contributed by atoms with Crippen molar-refractivity contribution in [2.45, 2.75) is 70.0 Å². The average Bonchev–Trinajstić information content (AvgIpc) is 3.35. The van der Waals surface area contributed by atoms with E-state index in [1.54, 1.807) is 26.0 Å². The van der Waals surface area contributed by atoms with E-state index >= 15 is 0 Å². The smallest absolute Gasteiger partial charge is 0.270 e. The molecule has 1 unspecified atom stereocenters. The molecular formula is C25H28Cl2FN5O3. The summed E-state index contributed by atoms with van der Waals surface area (Å²) in [7, 11) is 0. The van der Waals surface area contributed by atoms with Crippen LogP contribution >= 0.6 is 23.2 Å². The van der Waals surface area contributed by atoms with Crippen LogP contribution < -0.4 is 10.6 Å². The first-order valence-electron chi connectivity index (χ1n) is 11.9. The largest absolute Gasteiger partial charge is 0.391 e. The molecule has 1 fully saturated rings. The van der Waals surface area contributed by atoms with E-state index in [1.807, 2.05) is 0 Å². The molecule has 1 saturated carbocycles. The standard InChI is InChI=1S/C25H28Cl2FN5O3/c1-13(26)24(34)32-17-6-4-16(5-7-17)23-11-21(33-36-23)20-10-22(31-14(2)30-20)25(35)29-12-15-3-8-19(28)18(27)9-15/h3,8-10,13,16-17,23H,4-7,11-12H2,1-2H3,(H,29,35)(H,32,34)/t13-,16?,17?,23?/m0/s1. The van der Waals surface area contributed by atoms with Crippen molar-refractivity contribution in [1.82, 2.24) is 20.6 Å². The highest BCUT2D eigenvalue weighted by molar-refractivity contribution is 6.31. The van der Waals surface area contributed by atoms with Crippen LogP contribution in [0.2, 0.25) is 5.02 Å². The summed E-state index contributed by atoms with van der Waals surface area (Å²) in [4.78, 5) is 39.0. The van der Waals surface area contributed by atoms with Crippen LogP contribution in [-0.4, -0.2) is 45.0 Å². The van der Waals surface area contributed by atoms with Crippen LogP contribution in [0.15, 0.2) is 29.4 Å². The second-order valence-electron chi connectivity index (χ2n) is 9.24. The van der Waals surface area contributed by atoms with Gasteiger partial charge in [0.05, 0.1) is 10.7 Å². The molecule has 1 aromatic carbocycles. The molecule has 1 aromatic heterocycles. The lowest BCUT2D eigenvalue weighted by Crippen LogP contribution is -2.42. The Morgan fingerprint density at radius 1 is 1.19 bits per heavy atom. The lowest BCUT2D eigenvalue weighted by molar-refractivity contribution is -0.121. The summed E-state index contributed by atoms with van der Waals surface area (Å²) in [6.07, 6.45) is 4.08. The van der Waals surface area contributed by atoms with Gasteiger partial charge in [0.1, 0.15) is 34.5 Å². The summed E-state index contributed by atoms with van der Waals surface area (Å²) in [6.45, 7) is 3.56. The fourth-order valence-corrected chi connectivity index (χ4v) is 4.77. The first-order chi connectivity index (χ1) is 17.2. The van der Waals surface area contributed by atoms with Crippen LogP contribution in [0.4, 0.5) is 4.39 Å². The predicted molar refractivity (Wildman–Crippen MR) is 135 cm³/mol. The molecule has 2 heterocycles. The second kappa shape index (κ2) is 11.5. The summed E-state index contributed by atoms with van der Waals surface area (Å²) in [5.41, 5.74) is 2.11. The molecule has 2 atom stereocenters. The quantitative estimate of drug-likeness (QED) is 0.514. The highest BCUT2D eigenvalue weighted by atomic mass is 35.5. The first-order valence-corrected chi connectivity index (χ1v) is 12.8. The molecule has 36 heavy (non-hydrogen) atoms. The van der Waals surface area contributed by atoms with Gasteiger partial charge in [-0.3, -0.25) is 9.59 Å². The summed E-state index contributed by atoms with van der Waals surface area (Å²) < 4.78 is 13.4. The molecule has 0 spiro atoms. The first kappa shape index (κ1) is 26.3. The lowest BCUT2D eigenvalue weighted by atomic mass is 9.81. The summed E-state index contributed by atoms with van der Waals surface area (Å²) in [5, 5.41) is 9.49. The van der Waals surface area contributed by atoms with Crippen LogP contribution in [0.25, 0.3) is 0 Å². The summed E-state index contributed by atoms with van der Waals surface area (Å²) in [6, 6.07) is 6.02. The number of nitrogens with one attached hydrogen (secondary N) is 2. The Kier molecular flexibility index (Phi) is 8.41. The van der Waals surface area contributed by atoms with Gasteiger partial charge in [0.2, 0.25) is 5.91 Å². The van der Waals surface area contributed by atoms with Crippen molar-refractivity contribution in [2.24, 2.45) is 11.1 Å². The molecular weight excluding hydrogens is 508 g/mol. The number of halogens is 3. The molecule has 1 aliphatic heterocycles.